The lowest BCUT2D eigenvalue weighted by atomic mass is 10.2. The van der Waals surface area contributed by atoms with E-state index in [1.165, 1.54) is 6.07 Å². The first kappa shape index (κ1) is 10.2. The molecule has 0 saturated carbocycles. The van der Waals surface area contributed by atoms with Crippen molar-refractivity contribution in [3.05, 3.63) is 46.7 Å². The van der Waals surface area contributed by atoms with Gasteiger partial charge in [-0.2, -0.15) is 0 Å². The molecule has 1 heterocycles. The van der Waals surface area contributed by atoms with Crippen molar-refractivity contribution < 1.29 is 8.78 Å². The van der Waals surface area contributed by atoms with Gasteiger partial charge in [0.2, 0.25) is 0 Å². The Morgan fingerprint density at radius 1 is 1.00 bits per heavy atom. The molecule has 76 valence electrons. The maximum Gasteiger partial charge on any atom is 0.159 e. The summed E-state index contributed by atoms with van der Waals surface area (Å²) in [6.07, 6.45) is 3.09. The molecule has 0 N–H and O–H groups in total. The van der Waals surface area contributed by atoms with Crippen molar-refractivity contribution in [3.63, 3.8) is 0 Å². The molecule has 1 aromatic heterocycles. The Labute approximate surface area is 93.1 Å². The summed E-state index contributed by atoms with van der Waals surface area (Å²) in [5.74, 6) is -1.42. The quantitative estimate of drug-likeness (QED) is 0.796. The van der Waals surface area contributed by atoms with Crippen molar-refractivity contribution in [2.24, 2.45) is 0 Å². The van der Waals surface area contributed by atoms with Gasteiger partial charge in [0.15, 0.2) is 17.5 Å². The predicted molar refractivity (Wildman–Crippen MR) is 55.1 cm³/mol. The highest BCUT2D eigenvalue weighted by atomic mass is 79.9. The fraction of sp³-hybridized carbons (Fsp3) is 0. The maximum absolute atomic E-state index is 12.9. The number of rotatable bonds is 1. The maximum atomic E-state index is 12.9. The van der Waals surface area contributed by atoms with E-state index in [4.69, 9.17) is 0 Å². The molecule has 0 radical (unpaired) electrons. The van der Waals surface area contributed by atoms with E-state index in [0.717, 1.165) is 16.6 Å². The largest absolute Gasteiger partial charge is 0.235 e. The van der Waals surface area contributed by atoms with E-state index in [9.17, 15) is 8.78 Å². The van der Waals surface area contributed by atoms with Crippen LogP contribution >= 0.6 is 15.9 Å². The van der Waals surface area contributed by atoms with Crippen LogP contribution in [0.2, 0.25) is 0 Å². The first-order chi connectivity index (χ1) is 7.16. The first-order valence-electron chi connectivity index (χ1n) is 4.10. The number of hydrogen-bond donors (Lipinski definition) is 0. The summed E-state index contributed by atoms with van der Waals surface area (Å²) in [5, 5.41) is 0. The highest BCUT2D eigenvalue weighted by Crippen LogP contribution is 2.18. The van der Waals surface area contributed by atoms with Gasteiger partial charge in [0, 0.05) is 18.0 Å². The van der Waals surface area contributed by atoms with E-state index in [1.54, 1.807) is 12.4 Å². The number of aromatic nitrogens is 2. The average Bonchev–Trinajstić information content (AvgIpc) is 2.23. The van der Waals surface area contributed by atoms with Crippen LogP contribution in [0.25, 0.3) is 11.4 Å². The van der Waals surface area contributed by atoms with E-state index >= 15 is 0 Å². The molecule has 0 unspecified atom stereocenters. The molecule has 0 saturated heterocycles. The van der Waals surface area contributed by atoms with Gasteiger partial charge in [-0.3, -0.25) is 0 Å². The topological polar surface area (TPSA) is 25.8 Å². The van der Waals surface area contributed by atoms with Gasteiger partial charge in [-0.15, -0.1) is 0 Å². The summed E-state index contributed by atoms with van der Waals surface area (Å²) in [7, 11) is 0. The summed E-state index contributed by atoms with van der Waals surface area (Å²) in [6, 6.07) is 3.55. The minimum absolute atomic E-state index is 0.358. The Bertz CT molecular complexity index is 485. The molecule has 2 nitrogen and oxygen atoms in total. The fourth-order valence-corrected chi connectivity index (χ4v) is 1.30. The van der Waals surface area contributed by atoms with Crippen LogP contribution in [0.5, 0.6) is 0 Å². The fourth-order valence-electron chi connectivity index (χ4n) is 1.10. The molecular weight excluding hydrogens is 266 g/mol. The lowest BCUT2D eigenvalue weighted by Gasteiger charge is -2.00. The van der Waals surface area contributed by atoms with Crippen molar-refractivity contribution >= 4 is 15.9 Å². The predicted octanol–water partition coefficient (Wildman–Crippen LogP) is 3.18. The number of halogens is 3. The summed E-state index contributed by atoms with van der Waals surface area (Å²) in [6.45, 7) is 0. The zero-order valence-corrected chi connectivity index (χ0v) is 9.00. The standard InChI is InChI=1S/C10H5BrF2N2/c11-7-4-14-10(15-5-7)6-1-2-8(12)9(13)3-6/h1-5H. The van der Waals surface area contributed by atoms with E-state index in [2.05, 4.69) is 25.9 Å². The Morgan fingerprint density at radius 2 is 1.67 bits per heavy atom. The molecule has 2 rings (SSSR count). The zero-order valence-electron chi connectivity index (χ0n) is 7.42. The van der Waals surface area contributed by atoms with Crippen LogP contribution in [-0.4, -0.2) is 9.97 Å². The third kappa shape index (κ3) is 2.18. The van der Waals surface area contributed by atoms with Gasteiger partial charge >= 0.3 is 0 Å². The molecule has 5 heteroatoms. The molecule has 1 aromatic carbocycles. The van der Waals surface area contributed by atoms with Gasteiger partial charge in [0.05, 0.1) is 4.47 Å². The Morgan fingerprint density at radius 3 is 2.27 bits per heavy atom. The highest BCUT2D eigenvalue weighted by Gasteiger charge is 2.06. The molecule has 0 amide bonds. The number of nitrogens with zero attached hydrogens (tertiary/aromatic N) is 2. The molecule has 0 fully saturated rings. The summed E-state index contributed by atoms with van der Waals surface area (Å²) in [5.41, 5.74) is 0.446. The van der Waals surface area contributed by atoms with Crippen molar-refractivity contribution in [3.8, 4) is 11.4 Å². The monoisotopic (exact) mass is 270 g/mol. The molecular formula is C10H5BrF2N2. The molecule has 0 aliphatic heterocycles. The Hall–Kier alpha value is -1.36. The minimum Gasteiger partial charge on any atom is -0.235 e. The SMILES string of the molecule is Fc1ccc(-c2ncc(Br)cn2)cc1F. The van der Waals surface area contributed by atoms with Gasteiger partial charge in [0.1, 0.15) is 0 Å². The summed E-state index contributed by atoms with van der Waals surface area (Å²) in [4.78, 5) is 7.94. The van der Waals surface area contributed by atoms with Gasteiger partial charge in [-0.1, -0.05) is 0 Å². The second-order valence-electron chi connectivity index (χ2n) is 2.85. The van der Waals surface area contributed by atoms with Crippen molar-refractivity contribution in [1.29, 1.82) is 0 Å². The van der Waals surface area contributed by atoms with E-state index in [-0.39, 0.29) is 0 Å². The van der Waals surface area contributed by atoms with Crippen LogP contribution in [0, 0.1) is 11.6 Å². The lowest BCUT2D eigenvalue weighted by molar-refractivity contribution is 0.509. The third-order valence-electron chi connectivity index (χ3n) is 1.80. The van der Waals surface area contributed by atoms with Crippen LogP contribution < -0.4 is 0 Å². The summed E-state index contributed by atoms with van der Waals surface area (Å²) < 4.78 is 26.3. The van der Waals surface area contributed by atoms with E-state index in [1.807, 2.05) is 0 Å². The first-order valence-corrected chi connectivity index (χ1v) is 4.89. The zero-order chi connectivity index (χ0) is 10.8. The summed E-state index contributed by atoms with van der Waals surface area (Å²) >= 11 is 3.18. The Kier molecular flexibility index (Phi) is 2.73. The molecule has 0 spiro atoms. The Balaban J connectivity index is 2.45. The van der Waals surface area contributed by atoms with Gasteiger partial charge in [-0.05, 0) is 34.1 Å². The molecule has 2 aromatic rings. The molecule has 0 aliphatic rings. The van der Waals surface area contributed by atoms with E-state index in [0.29, 0.717) is 11.4 Å². The minimum atomic E-state index is -0.904. The lowest BCUT2D eigenvalue weighted by Crippen LogP contribution is -1.90. The van der Waals surface area contributed by atoms with Gasteiger partial charge < -0.3 is 0 Å². The second kappa shape index (κ2) is 4.02. The van der Waals surface area contributed by atoms with Crippen LogP contribution in [0.15, 0.2) is 35.1 Å². The van der Waals surface area contributed by atoms with Crippen LogP contribution in [0.4, 0.5) is 8.78 Å². The van der Waals surface area contributed by atoms with Crippen molar-refractivity contribution in [2.45, 2.75) is 0 Å². The molecule has 0 bridgehead atoms. The van der Waals surface area contributed by atoms with Gasteiger partial charge in [0.25, 0.3) is 0 Å². The molecule has 15 heavy (non-hydrogen) atoms. The highest BCUT2D eigenvalue weighted by molar-refractivity contribution is 9.10. The number of benzene rings is 1. The smallest absolute Gasteiger partial charge is 0.159 e. The van der Waals surface area contributed by atoms with Crippen LogP contribution in [0.1, 0.15) is 0 Å². The average molecular weight is 271 g/mol. The van der Waals surface area contributed by atoms with Crippen molar-refractivity contribution in [2.75, 3.05) is 0 Å². The van der Waals surface area contributed by atoms with Crippen molar-refractivity contribution in [1.82, 2.24) is 9.97 Å². The van der Waals surface area contributed by atoms with Crippen LogP contribution in [0.3, 0.4) is 0 Å². The normalized spacial score (nSPS) is 10.3. The molecule has 0 atom stereocenters. The van der Waals surface area contributed by atoms with Crippen LogP contribution in [-0.2, 0) is 0 Å². The van der Waals surface area contributed by atoms with Gasteiger partial charge in [-0.25, -0.2) is 18.7 Å². The molecule has 0 aliphatic carbocycles. The third-order valence-corrected chi connectivity index (χ3v) is 2.21. The van der Waals surface area contributed by atoms with E-state index < -0.39 is 11.6 Å². The second-order valence-corrected chi connectivity index (χ2v) is 3.77. The number of hydrogen-bond acceptors (Lipinski definition) is 2.